The van der Waals surface area contributed by atoms with Gasteiger partial charge in [0.1, 0.15) is 5.75 Å². The third-order valence-corrected chi connectivity index (χ3v) is 3.73. The van der Waals surface area contributed by atoms with E-state index in [0.717, 1.165) is 12.2 Å². The second-order valence-corrected chi connectivity index (χ2v) is 4.66. The zero-order chi connectivity index (χ0) is 12.7. The first-order chi connectivity index (χ1) is 8.74. The van der Waals surface area contributed by atoms with Gasteiger partial charge in [0.2, 0.25) is 0 Å². The molecule has 0 radical (unpaired) electrons. The van der Waals surface area contributed by atoms with Crippen LogP contribution >= 0.6 is 0 Å². The van der Waals surface area contributed by atoms with Gasteiger partial charge < -0.3 is 9.72 Å². The maximum atomic E-state index is 5.30. The van der Waals surface area contributed by atoms with E-state index in [9.17, 15) is 0 Å². The number of aryl methyl sites for hydroxylation is 2. The van der Waals surface area contributed by atoms with E-state index in [2.05, 4.69) is 43.1 Å². The van der Waals surface area contributed by atoms with Crippen LogP contribution in [0.5, 0.6) is 5.75 Å². The minimum atomic E-state index is 0.903. The van der Waals surface area contributed by atoms with Crippen LogP contribution in [0.1, 0.15) is 18.1 Å². The maximum absolute atomic E-state index is 5.30. The summed E-state index contributed by atoms with van der Waals surface area (Å²) < 4.78 is 5.30. The molecule has 92 valence electrons. The van der Waals surface area contributed by atoms with Crippen molar-refractivity contribution in [3.8, 4) is 5.75 Å². The molecule has 0 aliphatic rings. The highest BCUT2D eigenvalue weighted by atomic mass is 16.5. The highest BCUT2D eigenvalue weighted by molar-refractivity contribution is 6.08. The summed E-state index contributed by atoms with van der Waals surface area (Å²) in [4.78, 5) is 3.52. The molecule has 0 spiro atoms. The van der Waals surface area contributed by atoms with E-state index >= 15 is 0 Å². The molecule has 0 saturated carbocycles. The molecule has 0 unspecified atom stereocenters. The minimum absolute atomic E-state index is 0.903. The summed E-state index contributed by atoms with van der Waals surface area (Å²) in [6, 6.07) is 10.6. The predicted molar refractivity (Wildman–Crippen MR) is 76.5 cm³/mol. The molecule has 0 bridgehead atoms. The number of nitrogens with one attached hydrogen (secondary N) is 1. The summed E-state index contributed by atoms with van der Waals surface area (Å²) in [5.41, 5.74) is 5.17. The van der Waals surface area contributed by atoms with Crippen molar-refractivity contribution >= 4 is 21.8 Å². The third kappa shape index (κ3) is 1.49. The van der Waals surface area contributed by atoms with Crippen LogP contribution < -0.4 is 4.74 Å². The van der Waals surface area contributed by atoms with Crippen LogP contribution in [-0.4, -0.2) is 12.1 Å². The van der Waals surface area contributed by atoms with Gasteiger partial charge in [0.25, 0.3) is 0 Å². The quantitative estimate of drug-likeness (QED) is 0.712. The molecule has 2 aromatic carbocycles. The zero-order valence-electron chi connectivity index (χ0n) is 11.0. The van der Waals surface area contributed by atoms with Gasteiger partial charge in [-0.2, -0.15) is 0 Å². The standard InChI is InChI=1S/C16H17NO/c1-4-11-5-7-13-14-9-12(18-3)6-8-15(14)17-16(13)10(11)2/h5-9,17H,4H2,1-3H3. The lowest BCUT2D eigenvalue weighted by atomic mass is 10.0. The molecule has 2 nitrogen and oxygen atoms in total. The molecule has 0 fully saturated rings. The van der Waals surface area contributed by atoms with Crippen LogP contribution in [0, 0.1) is 6.92 Å². The molecule has 1 aromatic heterocycles. The SMILES string of the molecule is CCc1ccc2c([nH]c3ccc(OC)cc32)c1C. The molecule has 1 heterocycles. The van der Waals surface area contributed by atoms with E-state index in [-0.39, 0.29) is 0 Å². The lowest BCUT2D eigenvalue weighted by Crippen LogP contribution is -1.86. The molecular weight excluding hydrogens is 222 g/mol. The van der Waals surface area contributed by atoms with Crippen molar-refractivity contribution in [1.82, 2.24) is 4.98 Å². The van der Waals surface area contributed by atoms with Gasteiger partial charge in [-0.25, -0.2) is 0 Å². The van der Waals surface area contributed by atoms with E-state index in [0.29, 0.717) is 0 Å². The molecule has 0 atom stereocenters. The first-order valence-corrected chi connectivity index (χ1v) is 6.32. The number of aromatic nitrogens is 1. The number of fused-ring (bicyclic) bond motifs is 3. The number of aromatic amines is 1. The Hall–Kier alpha value is -1.96. The molecular formula is C16H17NO. The monoisotopic (exact) mass is 239 g/mol. The van der Waals surface area contributed by atoms with Crippen molar-refractivity contribution < 1.29 is 4.74 Å². The number of methoxy groups -OCH3 is 1. The Bertz CT molecular complexity index is 725. The van der Waals surface area contributed by atoms with Crippen molar-refractivity contribution in [3.63, 3.8) is 0 Å². The smallest absolute Gasteiger partial charge is 0.119 e. The molecule has 3 rings (SSSR count). The number of H-pyrrole nitrogens is 1. The van der Waals surface area contributed by atoms with Crippen molar-refractivity contribution in [1.29, 1.82) is 0 Å². The van der Waals surface area contributed by atoms with Crippen molar-refractivity contribution in [2.24, 2.45) is 0 Å². The van der Waals surface area contributed by atoms with Crippen molar-refractivity contribution in [2.75, 3.05) is 7.11 Å². The largest absolute Gasteiger partial charge is 0.497 e. The Morgan fingerprint density at radius 1 is 1.11 bits per heavy atom. The fourth-order valence-electron chi connectivity index (χ4n) is 2.64. The Balaban J connectivity index is 2.40. The van der Waals surface area contributed by atoms with E-state index in [1.54, 1.807) is 7.11 Å². The summed E-state index contributed by atoms with van der Waals surface area (Å²) in [6.07, 6.45) is 1.07. The van der Waals surface area contributed by atoms with Crippen LogP contribution in [0.2, 0.25) is 0 Å². The summed E-state index contributed by atoms with van der Waals surface area (Å²) >= 11 is 0. The fraction of sp³-hybridized carbons (Fsp3) is 0.250. The van der Waals surface area contributed by atoms with E-state index < -0.39 is 0 Å². The molecule has 0 amide bonds. The van der Waals surface area contributed by atoms with Gasteiger partial charge >= 0.3 is 0 Å². The van der Waals surface area contributed by atoms with Crippen LogP contribution in [0.15, 0.2) is 30.3 Å². The summed E-state index contributed by atoms with van der Waals surface area (Å²) in [5, 5.41) is 2.51. The number of hydrogen-bond acceptors (Lipinski definition) is 1. The minimum Gasteiger partial charge on any atom is -0.497 e. The average molecular weight is 239 g/mol. The normalized spacial score (nSPS) is 11.3. The van der Waals surface area contributed by atoms with Crippen molar-refractivity contribution in [2.45, 2.75) is 20.3 Å². The van der Waals surface area contributed by atoms with Gasteiger partial charge in [-0.15, -0.1) is 0 Å². The summed E-state index contributed by atoms with van der Waals surface area (Å²) in [5.74, 6) is 0.903. The van der Waals surface area contributed by atoms with Gasteiger partial charge in [0.05, 0.1) is 7.11 Å². The summed E-state index contributed by atoms with van der Waals surface area (Å²) in [6.45, 7) is 4.38. The van der Waals surface area contributed by atoms with Gasteiger partial charge in [-0.05, 0) is 42.7 Å². The highest BCUT2D eigenvalue weighted by Gasteiger charge is 2.09. The van der Waals surface area contributed by atoms with E-state index in [4.69, 9.17) is 4.74 Å². The first-order valence-electron chi connectivity index (χ1n) is 6.32. The van der Waals surface area contributed by atoms with Crippen LogP contribution in [-0.2, 0) is 6.42 Å². The molecule has 2 heteroatoms. The predicted octanol–water partition coefficient (Wildman–Crippen LogP) is 4.20. The van der Waals surface area contributed by atoms with E-state index in [1.165, 1.54) is 32.9 Å². The van der Waals surface area contributed by atoms with Gasteiger partial charge in [-0.3, -0.25) is 0 Å². The third-order valence-electron chi connectivity index (χ3n) is 3.73. The van der Waals surface area contributed by atoms with Crippen molar-refractivity contribution in [3.05, 3.63) is 41.5 Å². The van der Waals surface area contributed by atoms with Crippen LogP contribution in [0.3, 0.4) is 0 Å². The second-order valence-electron chi connectivity index (χ2n) is 4.66. The number of hydrogen-bond donors (Lipinski definition) is 1. The van der Waals surface area contributed by atoms with Gasteiger partial charge in [-0.1, -0.05) is 19.1 Å². The molecule has 18 heavy (non-hydrogen) atoms. The van der Waals surface area contributed by atoms with Gasteiger partial charge in [0, 0.05) is 21.8 Å². The maximum Gasteiger partial charge on any atom is 0.119 e. The number of benzene rings is 2. The Morgan fingerprint density at radius 2 is 1.94 bits per heavy atom. The molecule has 0 saturated heterocycles. The number of rotatable bonds is 2. The first kappa shape index (κ1) is 11.1. The van der Waals surface area contributed by atoms with E-state index in [1.807, 2.05) is 6.07 Å². The van der Waals surface area contributed by atoms with Crippen LogP contribution in [0.25, 0.3) is 21.8 Å². The molecule has 3 aromatic rings. The molecule has 0 aliphatic carbocycles. The Labute approximate surface area is 107 Å². The number of ether oxygens (including phenoxy) is 1. The lowest BCUT2D eigenvalue weighted by molar-refractivity contribution is 0.415. The Kier molecular flexibility index (Phi) is 2.51. The van der Waals surface area contributed by atoms with Crippen LogP contribution in [0.4, 0.5) is 0 Å². The lowest BCUT2D eigenvalue weighted by Gasteiger charge is -2.03. The fourth-order valence-corrected chi connectivity index (χ4v) is 2.64. The Morgan fingerprint density at radius 3 is 2.67 bits per heavy atom. The highest BCUT2D eigenvalue weighted by Crippen LogP contribution is 2.31. The van der Waals surface area contributed by atoms with Gasteiger partial charge in [0.15, 0.2) is 0 Å². The molecule has 1 N–H and O–H groups in total. The second kappa shape index (κ2) is 4.05. The topological polar surface area (TPSA) is 25.0 Å². The summed E-state index contributed by atoms with van der Waals surface area (Å²) in [7, 11) is 1.70. The average Bonchev–Trinajstić information content (AvgIpc) is 2.78. The molecule has 0 aliphatic heterocycles. The zero-order valence-corrected chi connectivity index (χ0v) is 11.0.